The molecule has 2 aromatic carbocycles. The van der Waals surface area contributed by atoms with E-state index in [0.29, 0.717) is 59.8 Å². The number of ether oxygens (including phenoxy) is 3. The normalized spacial score (nSPS) is 16.5. The second-order valence-electron chi connectivity index (χ2n) is 8.87. The van der Waals surface area contributed by atoms with Crippen molar-refractivity contribution in [3.05, 3.63) is 59.3 Å². The molecule has 0 saturated carbocycles. The maximum absolute atomic E-state index is 13.4. The number of benzene rings is 2. The molecular weight excluding hydrogens is 448 g/mol. The molecule has 1 spiro atoms. The van der Waals surface area contributed by atoms with Gasteiger partial charge in [-0.2, -0.15) is 0 Å². The number of ketones is 1. The Hall–Kier alpha value is -4.14. The van der Waals surface area contributed by atoms with Crippen molar-refractivity contribution in [1.29, 1.82) is 5.41 Å². The molecule has 3 aromatic rings. The summed E-state index contributed by atoms with van der Waals surface area (Å²) in [5.41, 5.74) is 6.68. The summed E-state index contributed by atoms with van der Waals surface area (Å²) in [5.74, 6) is 1.27. The van der Waals surface area contributed by atoms with Crippen LogP contribution in [0, 0.1) is 5.41 Å². The van der Waals surface area contributed by atoms with Gasteiger partial charge in [0.2, 0.25) is 0 Å². The molecule has 3 heterocycles. The second kappa shape index (κ2) is 8.57. The van der Waals surface area contributed by atoms with Crippen molar-refractivity contribution in [1.82, 2.24) is 9.88 Å². The van der Waals surface area contributed by atoms with Gasteiger partial charge in [-0.1, -0.05) is 6.07 Å². The molecule has 1 saturated heterocycles. The number of nitrogens with zero attached hydrogens (tertiary/aromatic N) is 2. The van der Waals surface area contributed by atoms with E-state index in [9.17, 15) is 9.59 Å². The Labute approximate surface area is 202 Å². The highest BCUT2D eigenvalue weighted by molar-refractivity contribution is 6.04. The molecule has 1 fully saturated rings. The minimum absolute atomic E-state index is 0.0397. The molecule has 0 unspecified atom stereocenters. The van der Waals surface area contributed by atoms with Crippen LogP contribution in [0.2, 0.25) is 0 Å². The van der Waals surface area contributed by atoms with Gasteiger partial charge in [-0.3, -0.25) is 15.0 Å². The fourth-order valence-corrected chi connectivity index (χ4v) is 4.85. The van der Waals surface area contributed by atoms with Crippen LogP contribution in [0.3, 0.4) is 0 Å². The Balaban J connectivity index is 1.36. The fraction of sp³-hybridized carbons (Fsp3) is 0.308. The minimum Gasteiger partial charge on any atom is -0.496 e. The number of pyridine rings is 1. The number of likely N-dealkylation sites (tertiary alicyclic amines) is 1. The van der Waals surface area contributed by atoms with Crippen molar-refractivity contribution in [2.45, 2.75) is 24.9 Å². The van der Waals surface area contributed by atoms with Crippen molar-refractivity contribution in [2.24, 2.45) is 5.73 Å². The first-order valence-corrected chi connectivity index (χ1v) is 11.4. The van der Waals surface area contributed by atoms with E-state index in [4.69, 9.17) is 25.4 Å². The molecule has 9 heteroatoms. The Morgan fingerprint density at radius 2 is 1.86 bits per heavy atom. The number of amides is 1. The molecule has 2 aliphatic rings. The zero-order chi connectivity index (χ0) is 24.7. The average Bonchev–Trinajstić information content (AvgIpc) is 2.87. The number of hydrogen-bond donors (Lipinski definition) is 2. The highest BCUT2D eigenvalue weighted by Gasteiger charge is 2.44. The number of fused-ring (bicyclic) bond motifs is 2. The van der Waals surface area contributed by atoms with Crippen molar-refractivity contribution in [3.8, 4) is 17.2 Å². The topological polar surface area (TPSA) is 128 Å². The largest absolute Gasteiger partial charge is 0.496 e. The van der Waals surface area contributed by atoms with E-state index in [1.807, 2.05) is 12.1 Å². The molecule has 180 valence electrons. The lowest BCUT2D eigenvalue weighted by atomic mass is 9.82. The van der Waals surface area contributed by atoms with Crippen molar-refractivity contribution < 1.29 is 23.8 Å². The van der Waals surface area contributed by atoms with Gasteiger partial charge in [-0.15, -0.1) is 0 Å². The Bertz CT molecular complexity index is 1360. The third-order valence-electron chi connectivity index (χ3n) is 6.79. The zero-order valence-corrected chi connectivity index (χ0v) is 19.6. The zero-order valence-electron chi connectivity index (χ0n) is 19.6. The Morgan fingerprint density at radius 1 is 1.11 bits per heavy atom. The number of carbonyl (C=O) groups excluding carboxylic acids is 2. The summed E-state index contributed by atoms with van der Waals surface area (Å²) in [7, 11) is 3.12. The smallest absolute Gasteiger partial charge is 0.272 e. The van der Waals surface area contributed by atoms with Crippen LogP contribution in [0.1, 0.15) is 45.7 Å². The van der Waals surface area contributed by atoms with E-state index in [0.717, 1.165) is 5.39 Å². The first kappa shape index (κ1) is 22.6. The molecule has 0 bridgehead atoms. The summed E-state index contributed by atoms with van der Waals surface area (Å²) >= 11 is 0. The van der Waals surface area contributed by atoms with Gasteiger partial charge in [0.1, 0.15) is 39.9 Å². The average molecular weight is 475 g/mol. The number of carbonyl (C=O) groups is 2. The third kappa shape index (κ3) is 3.92. The predicted molar refractivity (Wildman–Crippen MR) is 130 cm³/mol. The van der Waals surface area contributed by atoms with Gasteiger partial charge in [0, 0.05) is 42.9 Å². The van der Waals surface area contributed by atoms with Crippen molar-refractivity contribution >= 4 is 28.4 Å². The minimum atomic E-state index is -0.656. The summed E-state index contributed by atoms with van der Waals surface area (Å²) in [5, 5.41) is 8.37. The first-order valence-electron chi connectivity index (χ1n) is 11.4. The number of aromatic nitrogens is 1. The van der Waals surface area contributed by atoms with Crippen LogP contribution in [-0.2, 0) is 0 Å². The van der Waals surface area contributed by atoms with Crippen LogP contribution >= 0.6 is 0 Å². The fourth-order valence-electron chi connectivity index (χ4n) is 4.85. The van der Waals surface area contributed by atoms with Gasteiger partial charge in [0.15, 0.2) is 5.78 Å². The maximum atomic E-state index is 13.4. The number of methoxy groups -OCH3 is 2. The van der Waals surface area contributed by atoms with Crippen LogP contribution < -0.4 is 19.9 Å². The molecule has 0 aliphatic carbocycles. The summed E-state index contributed by atoms with van der Waals surface area (Å²) in [6.45, 7) is 0.863. The van der Waals surface area contributed by atoms with E-state index in [2.05, 4.69) is 4.98 Å². The first-order chi connectivity index (χ1) is 16.8. The molecule has 5 rings (SSSR count). The SMILES string of the molecule is COc1cc(C(=O)N2CCC3(CC2)CC(=O)c2cc(C(=N)N)ccc2O3)nc2c(OC)cccc12. The monoisotopic (exact) mass is 474 g/mol. The Morgan fingerprint density at radius 3 is 2.54 bits per heavy atom. The number of nitrogens with two attached hydrogens (primary N) is 1. The van der Waals surface area contributed by atoms with E-state index in [-0.39, 0.29) is 29.6 Å². The number of hydrogen-bond acceptors (Lipinski definition) is 7. The van der Waals surface area contributed by atoms with Gasteiger partial charge in [0.05, 0.1) is 26.2 Å². The maximum Gasteiger partial charge on any atom is 0.272 e. The number of amidine groups is 1. The summed E-state index contributed by atoms with van der Waals surface area (Å²) in [4.78, 5) is 32.6. The molecule has 9 nitrogen and oxygen atoms in total. The lowest BCUT2D eigenvalue weighted by molar-refractivity contribution is -0.00585. The van der Waals surface area contributed by atoms with E-state index < -0.39 is 5.60 Å². The molecular formula is C26H26N4O5. The molecule has 0 radical (unpaired) electrons. The standard InChI is InChI=1S/C26H26N4O5/c1-33-21-5-3-4-16-22(34-2)13-18(29-23(16)21)25(32)30-10-8-26(9-11-30)14-19(31)17-12-15(24(27)28)6-7-20(17)35-26/h3-7,12-13H,8-11,14H2,1-2H3,(H3,27,28). The highest BCUT2D eigenvalue weighted by Crippen LogP contribution is 2.40. The Kier molecular flexibility index (Phi) is 5.55. The predicted octanol–water partition coefficient (Wildman–Crippen LogP) is 3.18. The van der Waals surface area contributed by atoms with Crippen molar-refractivity contribution in [3.63, 3.8) is 0 Å². The number of piperidine rings is 1. The van der Waals surface area contributed by atoms with E-state index >= 15 is 0 Å². The van der Waals surface area contributed by atoms with E-state index in [1.54, 1.807) is 49.5 Å². The van der Waals surface area contributed by atoms with Gasteiger partial charge in [-0.25, -0.2) is 4.98 Å². The summed E-state index contributed by atoms with van der Waals surface area (Å²) < 4.78 is 17.3. The highest BCUT2D eigenvalue weighted by atomic mass is 16.5. The van der Waals surface area contributed by atoms with Crippen LogP contribution in [0.25, 0.3) is 10.9 Å². The van der Waals surface area contributed by atoms with Gasteiger partial charge >= 0.3 is 0 Å². The van der Waals surface area contributed by atoms with Crippen LogP contribution in [-0.4, -0.2) is 60.3 Å². The lowest BCUT2D eigenvalue weighted by Crippen LogP contribution is -2.52. The summed E-state index contributed by atoms with van der Waals surface area (Å²) in [6.07, 6.45) is 1.27. The number of nitrogens with one attached hydrogen (secondary N) is 1. The molecule has 2 aliphatic heterocycles. The van der Waals surface area contributed by atoms with Crippen LogP contribution in [0.4, 0.5) is 0 Å². The summed E-state index contributed by atoms with van der Waals surface area (Å²) in [6, 6.07) is 12.2. The van der Waals surface area contributed by atoms with Crippen LogP contribution in [0.5, 0.6) is 17.2 Å². The lowest BCUT2D eigenvalue weighted by Gasteiger charge is -2.44. The quantitative estimate of drug-likeness (QED) is 0.439. The molecule has 3 N–H and O–H groups in total. The molecule has 35 heavy (non-hydrogen) atoms. The van der Waals surface area contributed by atoms with Crippen LogP contribution in [0.15, 0.2) is 42.5 Å². The second-order valence-corrected chi connectivity index (χ2v) is 8.87. The number of para-hydroxylation sites is 1. The van der Waals surface area contributed by atoms with Gasteiger partial charge in [-0.05, 0) is 30.3 Å². The third-order valence-corrected chi connectivity index (χ3v) is 6.79. The van der Waals surface area contributed by atoms with E-state index in [1.165, 1.54) is 0 Å². The number of nitrogen functional groups attached to an aromatic ring is 1. The molecule has 1 aromatic heterocycles. The van der Waals surface area contributed by atoms with Gasteiger partial charge < -0.3 is 24.8 Å². The van der Waals surface area contributed by atoms with Gasteiger partial charge in [0.25, 0.3) is 5.91 Å². The molecule has 1 amide bonds. The molecule has 0 atom stereocenters. The number of rotatable bonds is 4. The van der Waals surface area contributed by atoms with Crippen molar-refractivity contribution in [2.75, 3.05) is 27.3 Å². The number of Topliss-reactive ketones (excluding diaryl/α,β-unsaturated/α-hetero) is 1.